The number of carbonyl (C=O) groups is 1. The van der Waals surface area contributed by atoms with E-state index in [1.54, 1.807) is 30.5 Å². The van der Waals surface area contributed by atoms with Crippen molar-refractivity contribution < 1.29 is 19.0 Å². The van der Waals surface area contributed by atoms with Crippen molar-refractivity contribution >= 4 is 11.6 Å². The van der Waals surface area contributed by atoms with Crippen molar-refractivity contribution in [2.45, 2.75) is 0 Å². The van der Waals surface area contributed by atoms with Crippen molar-refractivity contribution in [3.63, 3.8) is 0 Å². The second kappa shape index (κ2) is 5.70. The smallest absolute Gasteiger partial charge is 0.255 e. The fraction of sp³-hybridized carbons (Fsp3) is 0.200. The lowest BCUT2D eigenvalue weighted by molar-refractivity contribution is 0.102. The number of ether oxygens (including phenoxy) is 3. The molecule has 0 unspecified atom stereocenters. The van der Waals surface area contributed by atoms with Gasteiger partial charge in [-0.15, -0.1) is 0 Å². The number of hydrogen-bond acceptors (Lipinski definition) is 5. The third-order valence-electron chi connectivity index (χ3n) is 3.05. The third kappa shape index (κ3) is 2.74. The standard InChI is InChI=1S/C15H14N2O4/c1-19-12-4-5-16-9-11(12)17-15(18)10-2-3-13-14(8-10)21-7-6-20-13/h2-5,8-9H,6-7H2,1H3,(H,17,18). The Bertz CT molecular complexity index is 672. The molecular formula is C15H14N2O4. The van der Waals surface area contributed by atoms with Crippen LogP contribution in [-0.4, -0.2) is 31.2 Å². The van der Waals surface area contributed by atoms with E-state index in [2.05, 4.69) is 10.3 Å². The minimum atomic E-state index is -0.265. The van der Waals surface area contributed by atoms with Gasteiger partial charge in [-0.25, -0.2) is 0 Å². The van der Waals surface area contributed by atoms with Crippen molar-refractivity contribution in [2.24, 2.45) is 0 Å². The second-order valence-corrected chi connectivity index (χ2v) is 4.39. The topological polar surface area (TPSA) is 69.7 Å². The molecule has 0 saturated heterocycles. The number of rotatable bonds is 3. The van der Waals surface area contributed by atoms with Gasteiger partial charge in [0.1, 0.15) is 24.7 Å². The third-order valence-corrected chi connectivity index (χ3v) is 3.05. The number of nitrogens with zero attached hydrogens (tertiary/aromatic N) is 1. The number of hydrogen-bond donors (Lipinski definition) is 1. The van der Waals surface area contributed by atoms with Crippen LogP contribution in [0.3, 0.4) is 0 Å². The summed E-state index contributed by atoms with van der Waals surface area (Å²) in [5.74, 6) is 1.51. The minimum Gasteiger partial charge on any atom is -0.494 e. The van der Waals surface area contributed by atoms with Crippen LogP contribution in [0, 0.1) is 0 Å². The van der Waals surface area contributed by atoms with Crippen LogP contribution in [-0.2, 0) is 0 Å². The van der Waals surface area contributed by atoms with E-state index in [1.165, 1.54) is 13.3 Å². The highest BCUT2D eigenvalue weighted by atomic mass is 16.6. The lowest BCUT2D eigenvalue weighted by atomic mass is 10.1. The zero-order valence-electron chi connectivity index (χ0n) is 11.5. The van der Waals surface area contributed by atoms with Gasteiger partial charge >= 0.3 is 0 Å². The molecule has 1 aliphatic rings. The predicted molar refractivity (Wildman–Crippen MR) is 76.2 cm³/mol. The van der Waals surface area contributed by atoms with Gasteiger partial charge in [-0.05, 0) is 18.2 Å². The molecule has 1 N–H and O–H groups in total. The number of nitrogens with one attached hydrogen (secondary N) is 1. The van der Waals surface area contributed by atoms with Gasteiger partial charge in [-0.2, -0.15) is 0 Å². The Hall–Kier alpha value is -2.76. The molecule has 2 aromatic rings. The van der Waals surface area contributed by atoms with E-state index in [0.29, 0.717) is 41.7 Å². The molecule has 0 bridgehead atoms. The van der Waals surface area contributed by atoms with Crippen LogP contribution in [0.1, 0.15) is 10.4 Å². The van der Waals surface area contributed by atoms with Crippen LogP contribution >= 0.6 is 0 Å². The zero-order chi connectivity index (χ0) is 14.7. The molecule has 0 radical (unpaired) electrons. The summed E-state index contributed by atoms with van der Waals surface area (Å²) in [6.45, 7) is 1.000. The van der Waals surface area contributed by atoms with Crippen LogP contribution < -0.4 is 19.5 Å². The summed E-state index contributed by atoms with van der Waals surface area (Å²) in [5.41, 5.74) is 0.991. The maximum atomic E-state index is 12.3. The summed E-state index contributed by atoms with van der Waals surface area (Å²) in [6, 6.07) is 6.75. The fourth-order valence-corrected chi connectivity index (χ4v) is 2.03. The Kier molecular flexibility index (Phi) is 3.59. The van der Waals surface area contributed by atoms with Gasteiger partial charge in [-0.3, -0.25) is 9.78 Å². The van der Waals surface area contributed by atoms with E-state index >= 15 is 0 Å². The quantitative estimate of drug-likeness (QED) is 0.935. The van der Waals surface area contributed by atoms with E-state index in [4.69, 9.17) is 14.2 Å². The number of benzene rings is 1. The van der Waals surface area contributed by atoms with Crippen LogP contribution in [0.5, 0.6) is 17.2 Å². The van der Waals surface area contributed by atoms with Gasteiger partial charge in [0.2, 0.25) is 0 Å². The van der Waals surface area contributed by atoms with Crippen molar-refractivity contribution in [1.82, 2.24) is 4.98 Å². The minimum absolute atomic E-state index is 0.265. The van der Waals surface area contributed by atoms with Crippen molar-refractivity contribution in [2.75, 3.05) is 25.6 Å². The SMILES string of the molecule is COc1ccncc1NC(=O)c1ccc2c(c1)OCCO2. The molecule has 3 rings (SSSR count). The highest BCUT2D eigenvalue weighted by Gasteiger charge is 2.16. The van der Waals surface area contributed by atoms with E-state index in [0.717, 1.165) is 0 Å². The summed E-state index contributed by atoms with van der Waals surface area (Å²) in [5, 5.41) is 2.76. The molecule has 21 heavy (non-hydrogen) atoms. The average molecular weight is 286 g/mol. The molecule has 1 aromatic heterocycles. The normalized spacial score (nSPS) is 12.6. The Morgan fingerprint density at radius 1 is 1.24 bits per heavy atom. The first-order valence-corrected chi connectivity index (χ1v) is 6.47. The largest absolute Gasteiger partial charge is 0.494 e. The summed E-state index contributed by atoms with van der Waals surface area (Å²) < 4.78 is 16.1. The Balaban J connectivity index is 1.82. The molecule has 1 amide bonds. The molecule has 0 fully saturated rings. The molecule has 108 valence electrons. The Morgan fingerprint density at radius 3 is 2.86 bits per heavy atom. The summed E-state index contributed by atoms with van der Waals surface area (Å²) >= 11 is 0. The van der Waals surface area contributed by atoms with Crippen molar-refractivity contribution in [3.8, 4) is 17.2 Å². The number of aromatic nitrogens is 1. The van der Waals surface area contributed by atoms with Gasteiger partial charge in [-0.1, -0.05) is 0 Å². The number of pyridine rings is 1. The zero-order valence-corrected chi connectivity index (χ0v) is 11.5. The Labute approximate surface area is 121 Å². The lowest BCUT2D eigenvalue weighted by Gasteiger charge is -2.18. The maximum absolute atomic E-state index is 12.3. The number of anilines is 1. The molecule has 0 aliphatic carbocycles. The van der Waals surface area contributed by atoms with Crippen molar-refractivity contribution in [1.29, 1.82) is 0 Å². The lowest BCUT2D eigenvalue weighted by Crippen LogP contribution is -2.17. The summed E-state index contributed by atoms with van der Waals surface area (Å²) in [7, 11) is 1.54. The first kappa shape index (κ1) is 13.2. The maximum Gasteiger partial charge on any atom is 0.255 e. The van der Waals surface area contributed by atoms with Crippen LogP contribution in [0.2, 0.25) is 0 Å². The molecule has 2 heterocycles. The number of amides is 1. The average Bonchev–Trinajstić information content (AvgIpc) is 2.55. The molecule has 0 atom stereocenters. The monoisotopic (exact) mass is 286 g/mol. The van der Waals surface area contributed by atoms with E-state index in [1.807, 2.05) is 0 Å². The predicted octanol–water partition coefficient (Wildman–Crippen LogP) is 2.11. The second-order valence-electron chi connectivity index (χ2n) is 4.39. The summed E-state index contributed by atoms with van der Waals surface area (Å²) in [6.07, 6.45) is 3.13. The van der Waals surface area contributed by atoms with E-state index in [-0.39, 0.29) is 5.91 Å². The van der Waals surface area contributed by atoms with E-state index < -0.39 is 0 Å². The van der Waals surface area contributed by atoms with Gasteiger partial charge in [0, 0.05) is 17.8 Å². The summed E-state index contributed by atoms with van der Waals surface area (Å²) in [4.78, 5) is 16.2. The fourth-order valence-electron chi connectivity index (χ4n) is 2.03. The Morgan fingerprint density at radius 2 is 2.05 bits per heavy atom. The molecule has 6 heteroatoms. The van der Waals surface area contributed by atoms with Crippen molar-refractivity contribution in [3.05, 3.63) is 42.2 Å². The van der Waals surface area contributed by atoms with Gasteiger partial charge in [0.05, 0.1) is 13.3 Å². The highest BCUT2D eigenvalue weighted by molar-refractivity contribution is 6.05. The van der Waals surface area contributed by atoms with Crippen LogP contribution in [0.25, 0.3) is 0 Å². The highest BCUT2D eigenvalue weighted by Crippen LogP contribution is 2.31. The first-order valence-electron chi connectivity index (χ1n) is 6.47. The first-order chi connectivity index (χ1) is 10.3. The van der Waals surface area contributed by atoms with Crippen LogP contribution in [0.15, 0.2) is 36.7 Å². The molecule has 0 spiro atoms. The number of methoxy groups -OCH3 is 1. The number of fused-ring (bicyclic) bond motifs is 1. The molecule has 0 saturated carbocycles. The molecule has 6 nitrogen and oxygen atoms in total. The van der Waals surface area contributed by atoms with Gasteiger partial charge in [0.25, 0.3) is 5.91 Å². The van der Waals surface area contributed by atoms with Gasteiger partial charge in [0.15, 0.2) is 11.5 Å². The molecular weight excluding hydrogens is 272 g/mol. The van der Waals surface area contributed by atoms with Crippen LogP contribution in [0.4, 0.5) is 5.69 Å². The van der Waals surface area contributed by atoms with E-state index in [9.17, 15) is 4.79 Å². The molecule has 1 aromatic carbocycles. The number of carbonyl (C=O) groups excluding carboxylic acids is 1. The molecule has 1 aliphatic heterocycles. The van der Waals surface area contributed by atoms with Gasteiger partial charge < -0.3 is 19.5 Å².